The normalized spacial score (nSPS) is 8.50. The van der Waals surface area contributed by atoms with E-state index in [1.165, 1.54) is 6.07 Å². The van der Waals surface area contributed by atoms with E-state index < -0.39 is 11.6 Å². The molecule has 1 aromatic rings. The molecule has 0 heterocycles. The summed E-state index contributed by atoms with van der Waals surface area (Å²) >= 11 is 0. The van der Waals surface area contributed by atoms with E-state index in [1.54, 1.807) is 0 Å². The first-order valence-electron chi connectivity index (χ1n) is 3.73. The van der Waals surface area contributed by atoms with Crippen molar-refractivity contribution in [2.45, 2.75) is 13.3 Å². The summed E-state index contributed by atoms with van der Waals surface area (Å²) in [5, 5.41) is 0. The van der Waals surface area contributed by atoms with Crippen LogP contribution in [0.5, 0.6) is 5.75 Å². The van der Waals surface area contributed by atoms with Crippen LogP contribution in [0.3, 0.4) is 0 Å². The Morgan fingerprint density at radius 1 is 1.36 bits per heavy atom. The molecule has 0 fully saturated rings. The molecule has 0 amide bonds. The predicted octanol–water partition coefficient (Wildman–Crippen LogP) is -0.823. The average molecular weight is 275 g/mol. The summed E-state index contributed by atoms with van der Waals surface area (Å²) in [5.74, 6) is -1.94. The number of hydrogen-bond acceptors (Lipinski definition) is 1. The zero-order chi connectivity index (χ0) is 8.97. The standard InChI is InChI=1S/C9H9F2O.BrH.Mg/c1-2-6-12-8-5-3-4-7(10)9(8)11;;/h4-5H,2,6H2,1H3;1H;/q-1;;+2/p-1. The average Bonchev–Trinajstić information content (AvgIpc) is 2.08. The van der Waals surface area contributed by atoms with E-state index >= 15 is 0 Å². The molecule has 74 valence electrons. The van der Waals surface area contributed by atoms with Crippen LogP contribution in [0, 0.1) is 17.7 Å². The molecule has 0 aliphatic heterocycles. The fourth-order valence-corrected chi connectivity index (χ4v) is 0.752. The van der Waals surface area contributed by atoms with Gasteiger partial charge in [-0.1, -0.05) is 6.92 Å². The molecule has 0 aromatic heterocycles. The molecule has 0 aliphatic rings. The van der Waals surface area contributed by atoms with Crippen molar-refractivity contribution in [2.24, 2.45) is 0 Å². The Morgan fingerprint density at radius 3 is 2.57 bits per heavy atom. The van der Waals surface area contributed by atoms with Crippen LogP contribution in [0.1, 0.15) is 13.3 Å². The van der Waals surface area contributed by atoms with Gasteiger partial charge >= 0.3 is 23.1 Å². The minimum Gasteiger partial charge on any atom is -1.00 e. The van der Waals surface area contributed by atoms with Gasteiger partial charge in [0, 0.05) is 11.6 Å². The maximum Gasteiger partial charge on any atom is 2.00 e. The Bertz CT molecular complexity index is 271. The summed E-state index contributed by atoms with van der Waals surface area (Å²) < 4.78 is 30.2. The van der Waals surface area contributed by atoms with E-state index in [-0.39, 0.29) is 45.8 Å². The zero-order valence-electron chi connectivity index (χ0n) is 7.82. The van der Waals surface area contributed by atoms with Gasteiger partial charge < -0.3 is 21.7 Å². The van der Waals surface area contributed by atoms with Crippen LogP contribution in [-0.4, -0.2) is 29.7 Å². The van der Waals surface area contributed by atoms with E-state index in [9.17, 15) is 8.78 Å². The Kier molecular flexibility index (Phi) is 9.97. The van der Waals surface area contributed by atoms with Gasteiger partial charge in [0.25, 0.3) is 0 Å². The Labute approximate surface area is 109 Å². The van der Waals surface area contributed by atoms with E-state index in [1.807, 2.05) is 6.92 Å². The van der Waals surface area contributed by atoms with Crippen molar-refractivity contribution in [3.8, 4) is 5.75 Å². The van der Waals surface area contributed by atoms with Gasteiger partial charge in [-0.05, 0) is 6.42 Å². The van der Waals surface area contributed by atoms with Crippen molar-refractivity contribution in [1.82, 2.24) is 0 Å². The Morgan fingerprint density at radius 2 is 2.00 bits per heavy atom. The summed E-state index contributed by atoms with van der Waals surface area (Å²) in [4.78, 5) is 0. The van der Waals surface area contributed by atoms with Crippen LogP contribution in [0.25, 0.3) is 0 Å². The number of rotatable bonds is 3. The van der Waals surface area contributed by atoms with Gasteiger partial charge in [-0.2, -0.15) is 6.07 Å². The van der Waals surface area contributed by atoms with Crippen molar-refractivity contribution >= 4 is 23.1 Å². The number of benzene rings is 1. The van der Waals surface area contributed by atoms with E-state index in [4.69, 9.17) is 4.74 Å². The largest absolute Gasteiger partial charge is 2.00 e. The van der Waals surface area contributed by atoms with Crippen LogP contribution in [0.4, 0.5) is 8.78 Å². The van der Waals surface area contributed by atoms with Crippen LogP contribution < -0.4 is 21.7 Å². The fourth-order valence-electron chi connectivity index (χ4n) is 0.752. The second kappa shape index (κ2) is 8.44. The molecule has 1 nitrogen and oxygen atoms in total. The summed E-state index contributed by atoms with van der Waals surface area (Å²) in [7, 11) is 0. The molecule has 0 aliphatic carbocycles. The molecule has 0 atom stereocenters. The first-order valence-corrected chi connectivity index (χ1v) is 3.73. The summed E-state index contributed by atoms with van der Waals surface area (Å²) in [6.07, 6.45) is 0.760. The van der Waals surface area contributed by atoms with E-state index in [0.29, 0.717) is 6.61 Å². The molecule has 1 aromatic carbocycles. The van der Waals surface area contributed by atoms with Crippen LogP contribution in [0.15, 0.2) is 12.1 Å². The maximum atomic E-state index is 12.8. The molecule has 0 saturated carbocycles. The minimum absolute atomic E-state index is 0. The second-order valence-electron chi connectivity index (χ2n) is 2.33. The maximum absolute atomic E-state index is 12.8. The Hall–Kier alpha value is 0.126. The molecule has 0 bridgehead atoms. The van der Waals surface area contributed by atoms with Crippen LogP contribution in [-0.2, 0) is 0 Å². The van der Waals surface area contributed by atoms with Crippen molar-refractivity contribution in [2.75, 3.05) is 6.61 Å². The van der Waals surface area contributed by atoms with Crippen LogP contribution in [0.2, 0.25) is 0 Å². The molecule has 0 spiro atoms. The molecule has 0 radical (unpaired) electrons. The third-order valence-corrected chi connectivity index (χ3v) is 1.31. The molecular weight excluding hydrogens is 266 g/mol. The minimum atomic E-state index is -0.942. The van der Waals surface area contributed by atoms with E-state index in [2.05, 4.69) is 6.07 Å². The van der Waals surface area contributed by atoms with Crippen molar-refractivity contribution < 1.29 is 30.5 Å². The van der Waals surface area contributed by atoms with Gasteiger partial charge in [-0.15, -0.1) is 12.1 Å². The molecule has 5 heteroatoms. The molecule has 0 N–H and O–H groups in total. The van der Waals surface area contributed by atoms with Gasteiger partial charge in [0.1, 0.15) is 0 Å². The topological polar surface area (TPSA) is 9.23 Å². The third kappa shape index (κ3) is 4.57. The quantitative estimate of drug-likeness (QED) is 0.517. The van der Waals surface area contributed by atoms with Crippen molar-refractivity contribution in [1.29, 1.82) is 0 Å². The fraction of sp³-hybridized carbons (Fsp3) is 0.333. The summed E-state index contributed by atoms with van der Waals surface area (Å²) in [6.45, 7) is 2.27. The van der Waals surface area contributed by atoms with Gasteiger partial charge in [-0.25, -0.2) is 4.39 Å². The summed E-state index contributed by atoms with van der Waals surface area (Å²) in [5.41, 5.74) is 0. The number of hydrogen-bond donors (Lipinski definition) is 0. The SMILES string of the molecule is CCCOc1c[c-]cc(F)c1F.[Br-].[Mg+2]. The molecule has 0 unspecified atom stereocenters. The van der Waals surface area contributed by atoms with Gasteiger partial charge in [0.15, 0.2) is 0 Å². The van der Waals surface area contributed by atoms with Gasteiger partial charge in [0.05, 0.1) is 12.4 Å². The smallest absolute Gasteiger partial charge is 1.00 e. The molecular formula is C9H9BrF2MgO. The van der Waals surface area contributed by atoms with E-state index in [0.717, 1.165) is 12.5 Å². The number of halogens is 3. The number of ether oxygens (including phenoxy) is 1. The zero-order valence-corrected chi connectivity index (χ0v) is 10.8. The summed E-state index contributed by atoms with van der Waals surface area (Å²) in [6, 6.07) is 4.66. The first kappa shape index (κ1) is 16.6. The Balaban J connectivity index is 0. The van der Waals surface area contributed by atoms with Crippen LogP contribution >= 0.6 is 0 Å². The monoisotopic (exact) mass is 274 g/mol. The van der Waals surface area contributed by atoms with Gasteiger partial charge in [-0.3, -0.25) is 4.39 Å². The third-order valence-electron chi connectivity index (χ3n) is 1.31. The molecule has 14 heavy (non-hydrogen) atoms. The molecule has 1 rings (SSSR count). The van der Waals surface area contributed by atoms with Crippen molar-refractivity contribution in [3.05, 3.63) is 29.8 Å². The predicted molar refractivity (Wildman–Crippen MR) is 46.7 cm³/mol. The first-order chi connectivity index (χ1) is 5.75. The van der Waals surface area contributed by atoms with Crippen molar-refractivity contribution in [3.63, 3.8) is 0 Å². The molecule has 0 saturated heterocycles. The van der Waals surface area contributed by atoms with Gasteiger partial charge in [0.2, 0.25) is 0 Å². The second-order valence-corrected chi connectivity index (χ2v) is 2.33.